The number of ether oxygens (including phenoxy) is 1. The number of dihydropyridines is 1. The molecule has 1 atom stereocenters. The number of carbonyl (C=O) groups excluding carboxylic acids is 1. The van der Waals surface area contributed by atoms with Crippen LogP contribution < -0.4 is 10.1 Å². The lowest BCUT2D eigenvalue weighted by Gasteiger charge is -2.23. The van der Waals surface area contributed by atoms with Crippen LogP contribution in [0.1, 0.15) is 0 Å². The van der Waals surface area contributed by atoms with E-state index in [0.717, 1.165) is 12.3 Å². The van der Waals surface area contributed by atoms with Gasteiger partial charge in [-0.25, -0.2) is 4.79 Å². The lowest BCUT2D eigenvalue weighted by molar-refractivity contribution is -0.0891. The second kappa shape index (κ2) is 6.03. The van der Waals surface area contributed by atoms with Gasteiger partial charge in [-0.2, -0.15) is 18.2 Å². The number of nitrogens with one attached hydrogen (secondary N) is 1. The fourth-order valence-electron chi connectivity index (χ4n) is 1.58. The van der Waals surface area contributed by atoms with E-state index >= 15 is 0 Å². The largest absolute Gasteiger partial charge is 0.465 e. The maximum absolute atomic E-state index is 12.5. The molecule has 0 fully saturated rings. The van der Waals surface area contributed by atoms with E-state index in [4.69, 9.17) is 16.3 Å². The Morgan fingerprint density at radius 2 is 2.14 bits per heavy atom. The predicted molar refractivity (Wildman–Crippen MR) is 69.8 cm³/mol. The van der Waals surface area contributed by atoms with E-state index < -0.39 is 18.0 Å². The van der Waals surface area contributed by atoms with Crippen molar-refractivity contribution >= 4 is 23.4 Å². The SMILES string of the molecule is O=C=Nc1cccc(OC2NC=C(C(F)(F)F)C=C2Cl)c1. The van der Waals surface area contributed by atoms with Gasteiger partial charge in [0.2, 0.25) is 12.3 Å². The highest BCUT2D eigenvalue weighted by atomic mass is 35.5. The molecule has 0 saturated carbocycles. The molecule has 1 aromatic carbocycles. The highest BCUT2D eigenvalue weighted by Crippen LogP contribution is 2.31. The van der Waals surface area contributed by atoms with Gasteiger partial charge in [0.25, 0.3) is 0 Å². The minimum Gasteiger partial charge on any atom is -0.465 e. The van der Waals surface area contributed by atoms with E-state index in [0.29, 0.717) is 11.4 Å². The second-order valence-electron chi connectivity index (χ2n) is 3.99. The van der Waals surface area contributed by atoms with Gasteiger partial charge in [-0.1, -0.05) is 17.7 Å². The summed E-state index contributed by atoms with van der Waals surface area (Å²) >= 11 is 5.78. The highest BCUT2D eigenvalue weighted by molar-refractivity contribution is 6.30. The molecule has 1 aromatic rings. The Kier molecular flexibility index (Phi) is 4.35. The lowest BCUT2D eigenvalue weighted by Crippen LogP contribution is -2.35. The zero-order chi connectivity index (χ0) is 15.5. The maximum atomic E-state index is 12.5. The number of halogens is 4. The van der Waals surface area contributed by atoms with Crippen LogP contribution in [0.15, 0.2) is 52.1 Å². The summed E-state index contributed by atoms with van der Waals surface area (Å²) < 4.78 is 42.9. The molecule has 1 N–H and O–H groups in total. The maximum Gasteiger partial charge on any atom is 0.417 e. The average molecular weight is 317 g/mol. The van der Waals surface area contributed by atoms with Crippen LogP contribution in [0.2, 0.25) is 0 Å². The Hall–Kier alpha value is -2.24. The third-order valence-electron chi connectivity index (χ3n) is 2.51. The first-order valence-corrected chi connectivity index (χ1v) is 6.03. The number of allylic oxidation sites excluding steroid dienone is 2. The molecule has 2 rings (SSSR count). The summed E-state index contributed by atoms with van der Waals surface area (Å²) in [4.78, 5) is 13.6. The highest BCUT2D eigenvalue weighted by Gasteiger charge is 2.35. The number of benzene rings is 1. The molecule has 0 saturated heterocycles. The van der Waals surface area contributed by atoms with E-state index in [-0.39, 0.29) is 5.03 Å². The molecular formula is C13H8ClF3N2O2. The van der Waals surface area contributed by atoms with Crippen LogP contribution in [-0.4, -0.2) is 18.5 Å². The van der Waals surface area contributed by atoms with Crippen molar-refractivity contribution in [3.63, 3.8) is 0 Å². The molecule has 110 valence electrons. The monoisotopic (exact) mass is 316 g/mol. The standard InChI is InChI=1S/C13H8ClF3N2O2/c14-11-4-8(13(15,16)17)6-18-12(11)21-10-3-1-2-9(5-10)19-7-20/h1-6,12,18H. The first-order valence-electron chi connectivity index (χ1n) is 5.65. The summed E-state index contributed by atoms with van der Waals surface area (Å²) in [6.07, 6.45) is -2.49. The summed E-state index contributed by atoms with van der Waals surface area (Å²) in [6.45, 7) is 0. The Bertz CT molecular complexity index is 649. The van der Waals surface area contributed by atoms with Crippen molar-refractivity contribution < 1.29 is 22.7 Å². The number of hydrogen-bond donors (Lipinski definition) is 1. The fraction of sp³-hybridized carbons (Fsp3) is 0.154. The molecule has 0 radical (unpaired) electrons. The fourth-order valence-corrected chi connectivity index (χ4v) is 1.81. The normalized spacial score (nSPS) is 18.0. The number of isocyanates is 1. The van der Waals surface area contributed by atoms with Gasteiger partial charge in [0.1, 0.15) is 5.75 Å². The second-order valence-corrected chi connectivity index (χ2v) is 4.43. The number of aliphatic imine (C=N–C) groups is 1. The quantitative estimate of drug-likeness (QED) is 0.685. The third kappa shape index (κ3) is 3.87. The molecule has 1 aliphatic heterocycles. The smallest absolute Gasteiger partial charge is 0.417 e. The van der Waals surface area contributed by atoms with Crippen LogP contribution in [0.25, 0.3) is 0 Å². The van der Waals surface area contributed by atoms with Gasteiger partial charge >= 0.3 is 6.18 Å². The average Bonchev–Trinajstić information content (AvgIpc) is 2.41. The minimum atomic E-state index is -4.49. The summed E-state index contributed by atoms with van der Waals surface area (Å²) in [5.41, 5.74) is -0.586. The molecule has 21 heavy (non-hydrogen) atoms. The van der Waals surface area contributed by atoms with Gasteiger partial charge in [-0.05, 0) is 18.2 Å². The molecular weight excluding hydrogens is 309 g/mol. The first kappa shape index (κ1) is 15.2. The Morgan fingerprint density at radius 1 is 1.38 bits per heavy atom. The van der Waals surface area contributed by atoms with Gasteiger partial charge in [0.15, 0.2) is 0 Å². The summed E-state index contributed by atoms with van der Waals surface area (Å²) in [7, 11) is 0. The van der Waals surface area contributed by atoms with Crippen molar-refractivity contribution in [1.82, 2.24) is 5.32 Å². The van der Waals surface area contributed by atoms with Gasteiger partial charge in [0.05, 0.1) is 16.3 Å². The number of rotatable bonds is 3. The van der Waals surface area contributed by atoms with Gasteiger partial charge in [-0.15, -0.1) is 0 Å². The molecule has 4 nitrogen and oxygen atoms in total. The van der Waals surface area contributed by atoms with Crippen LogP contribution in [-0.2, 0) is 4.79 Å². The Morgan fingerprint density at radius 3 is 2.76 bits per heavy atom. The summed E-state index contributed by atoms with van der Waals surface area (Å²) in [5.74, 6) is 0.291. The van der Waals surface area contributed by atoms with Crippen molar-refractivity contribution in [2.45, 2.75) is 12.4 Å². The molecule has 0 spiro atoms. The number of hydrogen-bond acceptors (Lipinski definition) is 4. The van der Waals surface area contributed by atoms with Gasteiger partial charge < -0.3 is 10.1 Å². The van der Waals surface area contributed by atoms with Crippen molar-refractivity contribution in [1.29, 1.82) is 0 Å². The van der Waals surface area contributed by atoms with Crippen molar-refractivity contribution in [2.24, 2.45) is 4.99 Å². The van der Waals surface area contributed by atoms with Gasteiger partial charge in [-0.3, -0.25) is 0 Å². The van der Waals surface area contributed by atoms with E-state index in [1.54, 1.807) is 18.2 Å². The van der Waals surface area contributed by atoms with E-state index in [1.807, 2.05) is 0 Å². The van der Waals surface area contributed by atoms with Crippen LogP contribution in [0.4, 0.5) is 18.9 Å². The third-order valence-corrected chi connectivity index (χ3v) is 2.82. The zero-order valence-electron chi connectivity index (χ0n) is 10.3. The van der Waals surface area contributed by atoms with Crippen LogP contribution in [0.3, 0.4) is 0 Å². The van der Waals surface area contributed by atoms with E-state index in [2.05, 4.69) is 10.3 Å². The predicted octanol–water partition coefficient (Wildman–Crippen LogP) is 3.53. The summed E-state index contributed by atoms with van der Waals surface area (Å²) in [5, 5.41) is 2.27. The van der Waals surface area contributed by atoms with Crippen LogP contribution in [0.5, 0.6) is 5.75 Å². The van der Waals surface area contributed by atoms with Crippen molar-refractivity contribution in [2.75, 3.05) is 0 Å². The molecule has 0 amide bonds. The lowest BCUT2D eigenvalue weighted by atomic mass is 10.2. The van der Waals surface area contributed by atoms with Crippen molar-refractivity contribution in [3.05, 3.63) is 47.1 Å². The molecule has 0 bridgehead atoms. The topological polar surface area (TPSA) is 50.7 Å². The molecule has 1 unspecified atom stereocenters. The molecule has 1 heterocycles. The Balaban J connectivity index is 2.12. The summed E-state index contributed by atoms with van der Waals surface area (Å²) in [6, 6.07) is 6.10. The van der Waals surface area contributed by atoms with E-state index in [9.17, 15) is 18.0 Å². The van der Waals surface area contributed by atoms with Crippen LogP contribution in [0, 0.1) is 0 Å². The number of nitrogens with zero attached hydrogens (tertiary/aromatic N) is 1. The molecule has 0 aromatic heterocycles. The minimum absolute atomic E-state index is 0.144. The van der Waals surface area contributed by atoms with E-state index in [1.165, 1.54) is 12.1 Å². The number of alkyl halides is 3. The first-order chi connectivity index (χ1) is 9.90. The molecule has 8 heteroatoms. The van der Waals surface area contributed by atoms with Crippen molar-refractivity contribution in [3.8, 4) is 5.75 Å². The molecule has 0 aliphatic carbocycles. The molecule has 1 aliphatic rings. The Labute approximate surface area is 122 Å². The van der Waals surface area contributed by atoms with Gasteiger partial charge in [0, 0.05) is 12.3 Å². The van der Waals surface area contributed by atoms with Crippen LogP contribution >= 0.6 is 11.6 Å². The zero-order valence-corrected chi connectivity index (χ0v) is 11.1.